The van der Waals surface area contributed by atoms with Gasteiger partial charge in [0.15, 0.2) is 0 Å². The van der Waals surface area contributed by atoms with Gasteiger partial charge in [-0.1, -0.05) is 6.58 Å². The molecular weight excluding hydrogens is 240 g/mol. The van der Waals surface area contributed by atoms with Crippen LogP contribution in [0.1, 0.15) is 12.8 Å². The van der Waals surface area contributed by atoms with E-state index in [1.54, 1.807) is 0 Å². The van der Waals surface area contributed by atoms with E-state index in [9.17, 15) is 19.5 Å². The molecule has 0 aromatic heterocycles. The highest BCUT2D eigenvalue weighted by Crippen LogP contribution is 2.21. The molecular formula is C11H12N2O5. The van der Waals surface area contributed by atoms with Crippen LogP contribution in [0.2, 0.25) is 0 Å². The third-order valence-corrected chi connectivity index (χ3v) is 2.65. The van der Waals surface area contributed by atoms with Crippen LogP contribution in [-0.2, 0) is 19.2 Å². The normalized spacial score (nSPS) is 23.2. The van der Waals surface area contributed by atoms with Gasteiger partial charge in [0.25, 0.3) is 5.91 Å². The average molecular weight is 252 g/mol. The Bertz CT molecular complexity index is 440. The van der Waals surface area contributed by atoms with Crippen molar-refractivity contribution in [2.75, 3.05) is 6.54 Å². The van der Waals surface area contributed by atoms with E-state index in [-0.39, 0.29) is 12.3 Å². The quantitative estimate of drug-likeness (QED) is 0.717. The molecule has 0 aliphatic carbocycles. The number of rotatable bonds is 3. The monoisotopic (exact) mass is 252 g/mol. The fourth-order valence-corrected chi connectivity index (χ4v) is 1.69. The van der Waals surface area contributed by atoms with Gasteiger partial charge in [-0.15, -0.1) is 5.06 Å². The van der Waals surface area contributed by atoms with Crippen molar-refractivity contribution in [1.82, 2.24) is 9.96 Å². The number of hydrogen-bond donors (Lipinski definition) is 1. The number of aliphatic hydroxyl groups is 1. The number of hydrogen-bond acceptors (Lipinski definition) is 5. The second-order valence-corrected chi connectivity index (χ2v) is 3.96. The maximum Gasteiger partial charge on any atom is 0.352 e. The number of hydroxylamine groups is 2. The van der Waals surface area contributed by atoms with Gasteiger partial charge in [0.05, 0.1) is 5.70 Å². The summed E-state index contributed by atoms with van der Waals surface area (Å²) in [5, 5.41) is 10.2. The summed E-state index contributed by atoms with van der Waals surface area (Å²) in [6.45, 7) is 3.16. The SMILES string of the molecule is C=C1CCC(=O)N1OC(=O)CN1C(=O)C=CC1O. The summed E-state index contributed by atoms with van der Waals surface area (Å²) in [6.07, 6.45) is 1.98. The van der Waals surface area contributed by atoms with Gasteiger partial charge in [-0.3, -0.25) is 14.5 Å². The summed E-state index contributed by atoms with van der Waals surface area (Å²) < 4.78 is 0. The van der Waals surface area contributed by atoms with Gasteiger partial charge >= 0.3 is 5.97 Å². The van der Waals surface area contributed by atoms with Crippen molar-refractivity contribution in [3.63, 3.8) is 0 Å². The number of nitrogens with zero attached hydrogens (tertiary/aromatic N) is 2. The van der Waals surface area contributed by atoms with E-state index in [2.05, 4.69) is 6.58 Å². The van der Waals surface area contributed by atoms with Crippen LogP contribution < -0.4 is 0 Å². The molecule has 0 aromatic carbocycles. The second kappa shape index (κ2) is 4.61. The molecule has 0 saturated carbocycles. The van der Waals surface area contributed by atoms with E-state index in [1.807, 2.05) is 0 Å². The molecule has 1 unspecified atom stereocenters. The van der Waals surface area contributed by atoms with Crippen LogP contribution in [0.5, 0.6) is 0 Å². The number of carbonyl (C=O) groups is 3. The highest BCUT2D eigenvalue weighted by molar-refractivity contribution is 5.93. The zero-order valence-corrected chi connectivity index (χ0v) is 9.54. The lowest BCUT2D eigenvalue weighted by atomic mass is 10.3. The summed E-state index contributed by atoms with van der Waals surface area (Å²) in [4.78, 5) is 39.9. The Morgan fingerprint density at radius 1 is 1.50 bits per heavy atom. The molecule has 0 spiro atoms. The Morgan fingerprint density at radius 3 is 2.72 bits per heavy atom. The summed E-state index contributed by atoms with van der Waals surface area (Å²) in [5.41, 5.74) is 0.403. The van der Waals surface area contributed by atoms with Crippen molar-refractivity contribution < 1.29 is 24.3 Å². The van der Waals surface area contributed by atoms with Crippen LogP contribution in [0, 0.1) is 0 Å². The Kier molecular flexibility index (Phi) is 3.15. The van der Waals surface area contributed by atoms with Crippen LogP contribution in [0.3, 0.4) is 0 Å². The lowest BCUT2D eigenvalue weighted by Gasteiger charge is -2.21. The van der Waals surface area contributed by atoms with Gasteiger partial charge in [0.2, 0.25) is 5.91 Å². The van der Waals surface area contributed by atoms with Crippen LogP contribution in [0.25, 0.3) is 0 Å². The first kappa shape index (κ1) is 12.3. The summed E-state index contributed by atoms with van der Waals surface area (Å²) >= 11 is 0. The van der Waals surface area contributed by atoms with Gasteiger partial charge in [0, 0.05) is 12.5 Å². The van der Waals surface area contributed by atoms with Gasteiger partial charge in [-0.2, -0.15) is 0 Å². The molecule has 2 heterocycles. The highest BCUT2D eigenvalue weighted by atomic mass is 16.7. The molecule has 96 valence electrons. The predicted molar refractivity (Wildman–Crippen MR) is 58.2 cm³/mol. The minimum atomic E-state index is -1.14. The molecule has 0 radical (unpaired) electrons. The first-order valence-corrected chi connectivity index (χ1v) is 5.37. The molecule has 18 heavy (non-hydrogen) atoms. The zero-order valence-electron chi connectivity index (χ0n) is 9.54. The molecule has 0 aromatic rings. The molecule has 0 bridgehead atoms. The van der Waals surface area contributed by atoms with E-state index in [1.165, 1.54) is 6.08 Å². The average Bonchev–Trinajstić information content (AvgIpc) is 2.79. The lowest BCUT2D eigenvalue weighted by molar-refractivity contribution is -0.189. The highest BCUT2D eigenvalue weighted by Gasteiger charge is 2.31. The molecule has 2 aliphatic heterocycles. The largest absolute Gasteiger partial charge is 0.370 e. The third-order valence-electron chi connectivity index (χ3n) is 2.65. The molecule has 1 fully saturated rings. The number of aliphatic hydroxyl groups excluding tert-OH is 1. The first-order chi connectivity index (χ1) is 8.49. The molecule has 1 N–H and O–H groups in total. The van der Waals surface area contributed by atoms with Crippen LogP contribution in [0.4, 0.5) is 0 Å². The van der Waals surface area contributed by atoms with Crippen molar-refractivity contribution in [2.24, 2.45) is 0 Å². The molecule has 2 aliphatic rings. The molecule has 1 atom stereocenters. The van der Waals surface area contributed by atoms with Crippen LogP contribution in [0.15, 0.2) is 24.4 Å². The first-order valence-electron chi connectivity index (χ1n) is 5.37. The van der Waals surface area contributed by atoms with Crippen LogP contribution >= 0.6 is 0 Å². The lowest BCUT2D eigenvalue weighted by Crippen LogP contribution is -2.40. The van der Waals surface area contributed by atoms with Crippen molar-refractivity contribution in [1.29, 1.82) is 0 Å². The van der Waals surface area contributed by atoms with E-state index in [0.29, 0.717) is 12.1 Å². The third kappa shape index (κ3) is 2.25. The van der Waals surface area contributed by atoms with Crippen molar-refractivity contribution in [3.8, 4) is 0 Å². The van der Waals surface area contributed by atoms with Crippen molar-refractivity contribution in [3.05, 3.63) is 24.4 Å². The second-order valence-electron chi connectivity index (χ2n) is 3.96. The Morgan fingerprint density at radius 2 is 2.22 bits per heavy atom. The fraction of sp³-hybridized carbons (Fsp3) is 0.364. The van der Waals surface area contributed by atoms with Gasteiger partial charge in [-0.25, -0.2) is 4.79 Å². The smallest absolute Gasteiger partial charge is 0.352 e. The Hall–Kier alpha value is -2.15. The Labute approximate surface area is 103 Å². The predicted octanol–water partition coefficient (Wildman–Crippen LogP) is -0.702. The van der Waals surface area contributed by atoms with Gasteiger partial charge in [0.1, 0.15) is 12.8 Å². The molecule has 7 nitrogen and oxygen atoms in total. The van der Waals surface area contributed by atoms with E-state index < -0.39 is 24.6 Å². The molecule has 2 rings (SSSR count). The molecule has 1 saturated heterocycles. The standard InChI is InChI=1S/C11H12N2O5/c1-7-2-3-10(16)13(7)18-11(17)6-12-8(14)4-5-9(12)15/h4-5,8,14H,1-3,6H2. The number of carbonyl (C=O) groups excluding carboxylic acids is 3. The summed E-state index contributed by atoms with van der Waals surface area (Å²) in [7, 11) is 0. The molecule has 7 heteroatoms. The van der Waals surface area contributed by atoms with Crippen LogP contribution in [-0.4, -0.2) is 45.6 Å². The summed E-state index contributed by atoms with van der Waals surface area (Å²) in [6, 6.07) is 0. The minimum Gasteiger partial charge on any atom is -0.370 e. The Balaban J connectivity index is 1.91. The van der Waals surface area contributed by atoms with Gasteiger partial charge in [-0.05, 0) is 12.5 Å². The summed E-state index contributed by atoms with van der Waals surface area (Å²) in [5.74, 6) is -1.63. The maximum atomic E-state index is 11.5. The van der Waals surface area contributed by atoms with E-state index in [4.69, 9.17) is 4.84 Å². The minimum absolute atomic E-state index is 0.249. The van der Waals surface area contributed by atoms with Gasteiger partial charge < -0.3 is 9.94 Å². The van der Waals surface area contributed by atoms with E-state index in [0.717, 1.165) is 16.0 Å². The maximum absolute atomic E-state index is 11.5. The zero-order chi connectivity index (χ0) is 13.3. The number of amides is 2. The molecule has 2 amide bonds. The van der Waals surface area contributed by atoms with Crippen molar-refractivity contribution in [2.45, 2.75) is 19.1 Å². The van der Waals surface area contributed by atoms with Crippen molar-refractivity contribution >= 4 is 17.8 Å². The topological polar surface area (TPSA) is 87.2 Å². The fourth-order valence-electron chi connectivity index (χ4n) is 1.69. The number of allylic oxidation sites excluding steroid dienone is 1. The van der Waals surface area contributed by atoms with E-state index >= 15 is 0 Å².